The monoisotopic (exact) mass is 329 g/mol. The van der Waals surface area contributed by atoms with Gasteiger partial charge in [-0.3, -0.25) is 0 Å². The molecule has 1 aromatic carbocycles. The summed E-state index contributed by atoms with van der Waals surface area (Å²) in [5, 5.41) is 8.49. The van der Waals surface area contributed by atoms with Crippen molar-refractivity contribution in [3.63, 3.8) is 0 Å². The Labute approximate surface area is 141 Å². The highest BCUT2D eigenvalue weighted by Crippen LogP contribution is 2.37. The second-order valence-corrected chi connectivity index (χ2v) is 7.13. The minimum Gasteiger partial charge on any atom is -0.484 e. The van der Waals surface area contributed by atoms with Crippen LogP contribution in [0.5, 0.6) is 5.75 Å². The summed E-state index contributed by atoms with van der Waals surface area (Å²) in [6.07, 6.45) is 2.10. The lowest BCUT2D eigenvalue weighted by Crippen LogP contribution is -2.46. The lowest BCUT2D eigenvalue weighted by molar-refractivity contribution is 0.0720. The van der Waals surface area contributed by atoms with Gasteiger partial charge in [0.2, 0.25) is 11.8 Å². The van der Waals surface area contributed by atoms with E-state index < -0.39 is 0 Å². The van der Waals surface area contributed by atoms with Crippen LogP contribution in [0.25, 0.3) is 0 Å². The molecule has 3 heterocycles. The highest BCUT2D eigenvalue weighted by atomic mass is 16.5. The Hall–Kier alpha value is -2.08. The molecule has 0 saturated carbocycles. The first-order valence-corrected chi connectivity index (χ1v) is 8.54. The first-order valence-electron chi connectivity index (χ1n) is 8.54. The summed E-state index contributed by atoms with van der Waals surface area (Å²) in [5.41, 5.74) is 0.812. The summed E-state index contributed by atoms with van der Waals surface area (Å²) in [5.74, 6) is 2.47. The van der Waals surface area contributed by atoms with Crippen LogP contribution in [0.3, 0.4) is 0 Å². The highest BCUT2D eigenvalue weighted by molar-refractivity contribution is 5.60. The standard InChI is InChI=1S/C18H23N3O3/c1-18(2)12-21(14-7-3-4-8-15(14)24-18)10-16-19-20-17(23-16)13-6-5-9-22-11-13/h3-4,7-8,13H,5-6,9-12H2,1-2H3. The number of hydrogen-bond donors (Lipinski definition) is 0. The van der Waals surface area contributed by atoms with E-state index in [1.165, 1.54) is 0 Å². The van der Waals surface area contributed by atoms with E-state index in [0.717, 1.165) is 37.4 Å². The Bertz CT molecular complexity index is 707. The van der Waals surface area contributed by atoms with Gasteiger partial charge in [0.1, 0.15) is 11.4 Å². The molecule has 0 spiro atoms. The van der Waals surface area contributed by atoms with Crippen LogP contribution in [0.2, 0.25) is 0 Å². The second-order valence-electron chi connectivity index (χ2n) is 7.13. The van der Waals surface area contributed by atoms with Crippen molar-refractivity contribution in [3.05, 3.63) is 36.0 Å². The fourth-order valence-electron chi connectivity index (χ4n) is 3.41. The fraction of sp³-hybridized carbons (Fsp3) is 0.556. The fourth-order valence-corrected chi connectivity index (χ4v) is 3.41. The van der Waals surface area contributed by atoms with Crippen molar-refractivity contribution in [3.8, 4) is 5.75 Å². The molecule has 1 atom stereocenters. The molecule has 1 saturated heterocycles. The van der Waals surface area contributed by atoms with Gasteiger partial charge in [-0.15, -0.1) is 10.2 Å². The maximum Gasteiger partial charge on any atom is 0.235 e. The van der Waals surface area contributed by atoms with Crippen LogP contribution in [0.1, 0.15) is 44.4 Å². The molecule has 1 unspecified atom stereocenters. The molecule has 2 aliphatic heterocycles. The highest BCUT2D eigenvalue weighted by Gasteiger charge is 2.32. The summed E-state index contributed by atoms with van der Waals surface area (Å²) in [7, 11) is 0. The summed E-state index contributed by atoms with van der Waals surface area (Å²) in [6.45, 7) is 7.05. The lowest BCUT2D eigenvalue weighted by Gasteiger charge is -2.40. The number of aromatic nitrogens is 2. The van der Waals surface area contributed by atoms with Crippen molar-refractivity contribution in [2.24, 2.45) is 0 Å². The van der Waals surface area contributed by atoms with Gasteiger partial charge in [-0.25, -0.2) is 0 Å². The van der Waals surface area contributed by atoms with E-state index >= 15 is 0 Å². The van der Waals surface area contributed by atoms with Gasteiger partial charge in [-0.1, -0.05) is 12.1 Å². The van der Waals surface area contributed by atoms with Crippen molar-refractivity contribution in [1.82, 2.24) is 10.2 Å². The van der Waals surface area contributed by atoms with Crippen molar-refractivity contribution in [2.75, 3.05) is 24.7 Å². The van der Waals surface area contributed by atoms with Crippen LogP contribution in [0.4, 0.5) is 5.69 Å². The Balaban J connectivity index is 1.54. The third-order valence-corrected chi connectivity index (χ3v) is 4.48. The number of para-hydroxylation sites is 2. The van der Waals surface area contributed by atoms with E-state index in [0.29, 0.717) is 24.9 Å². The van der Waals surface area contributed by atoms with Gasteiger partial charge in [0, 0.05) is 6.61 Å². The normalized spacial score (nSPS) is 22.8. The van der Waals surface area contributed by atoms with Crippen molar-refractivity contribution in [1.29, 1.82) is 0 Å². The molecule has 0 N–H and O–H groups in total. The van der Waals surface area contributed by atoms with Crippen molar-refractivity contribution >= 4 is 5.69 Å². The second kappa shape index (κ2) is 6.09. The lowest BCUT2D eigenvalue weighted by atomic mass is 10.0. The minimum absolute atomic E-state index is 0.230. The number of nitrogens with zero attached hydrogens (tertiary/aromatic N) is 3. The van der Waals surface area contributed by atoms with Gasteiger partial charge >= 0.3 is 0 Å². The van der Waals surface area contributed by atoms with Gasteiger partial charge in [0.15, 0.2) is 0 Å². The third-order valence-electron chi connectivity index (χ3n) is 4.48. The van der Waals surface area contributed by atoms with Crippen molar-refractivity contribution < 1.29 is 13.9 Å². The first-order chi connectivity index (χ1) is 11.6. The molecule has 24 heavy (non-hydrogen) atoms. The van der Waals surface area contributed by atoms with Crippen LogP contribution >= 0.6 is 0 Å². The average Bonchev–Trinajstić information content (AvgIpc) is 3.03. The Kier molecular flexibility index (Phi) is 3.92. The zero-order valence-electron chi connectivity index (χ0n) is 14.2. The van der Waals surface area contributed by atoms with E-state index in [2.05, 4.69) is 35.0 Å². The molecule has 6 nitrogen and oxygen atoms in total. The van der Waals surface area contributed by atoms with E-state index in [4.69, 9.17) is 13.9 Å². The molecule has 0 bridgehead atoms. The van der Waals surface area contributed by atoms with Gasteiger partial charge < -0.3 is 18.8 Å². The van der Waals surface area contributed by atoms with Crippen LogP contribution in [0.15, 0.2) is 28.7 Å². The smallest absolute Gasteiger partial charge is 0.235 e. The largest absolute Gasteiger partial charge is 0.484 e. The number of hydrogen-bond acceptors (Lipinski definition) is 6. The third kappa shape index (κ3) is 3.11. The van der Waals surface area contributed by atoms with Gasteiger partial charge in [0.05, 0.1) is 31.3 Å². The molecule has 6 heteroatoms. The number of ether oxygens (including phenoxy) is 2. The van der Waals surface area contributed by atoms with E-state index in [1.807, 2.05) is 18.2 Å². The molecule has 0 amide bonds. The molecule has 1 aromatic heterocycles. The molecule has 128 valence electrons. The Morgan fingerprint density at radius 1 is 1.25 bits per heavy atom. The molecule has 1 fully saturated rings. The van der Waals surface area contributed by atoms with Crippen LogP contribution in [0, 0.1) is 0 Å². The Morgan fingerprint density at radius 3 is 2.96 bits per heavy atom. The number of benzene rings is 1. The maximum absolute atomic E-state index is 6.06. The first kappa shape index (κ1) is 15.4. The van der Waals surface area contributed by atoms with Crippen LogP contribution in [-0.4, -0.2) is 35.6 Å². The summed E-state index contributed by atoms with van der Waals surface area (Å²) in [6, 6.07) is 8.08. The van der Waals surface area contributed by atoms with Crippen LogP contribution in [-0.2, 0) is 11.3 Å². The molecule has 2 aliphatic rings. The molecular formula is C18H23N3O3. The zero-order chi connectivity index (χ0) is 16.6. The van der Waals surface area contributed by atoms with Crippen molar-refractivity contribution in [2.45, 2.75) is 44.8 Å². The maximum atomic E-state index is 6.06. The summed E-state index contributed by atoms with van der Waals surface area (Å²) in [4.78, 5) is 2.24. The number of fused-ring (bicyclic) bond motifs is 1. The molecule has 2 aromatic rings. The van der Waals surface area contributed by atoms with E-state index in [-0.39, 0.29) is 11.5 Å². The van der Waals surface area contributed by atoms with Gasteiger partial charge in [0.25, 0.3) is 0 Å². The Morgan fingerprint density at radius 2 is 2.12 bits per heavy atom. The van der Waals surface area contributed by atoms with Gasteiger partial charge in [-0.2, -0.15) is 0 Å². The average molecular weight is 329 g/mol. The van der Waals surface area contributed by atoms with E-state index in [1.54, 1.807) is 0 Å². The predicted molar refractivity (Wildman–Crippen MR) is 89.3 cm³/mol. The minimum atomic E-state index is -0.256. The van der Waals surface area contributed by atoms with Crippen LogP contribution < -0.4 is 9.64 Å². The predicted octanol–water partition coefficient (Wildman–Crippen LogP) is 3.14. The molecule has 4 rings (SSSR count). The molecule has 0 aliphatic carbocycles. The summed E-state index contributed by atoms with van der Waals surface area (Å²) < 4.78 is 17.5. The molecular weight excluding hydrogens is 306 g/mol. The topological polar surface area (TPSA) is 60.6 Å². The van der Waals surface area contributed by atoms with Gasteiger partial charge in [-0.05, 0) is 38.8 Å². The SMILES string of the molecule is CC1(C)CN(Cc2nnc(C3CCCOC3)o2)c2ccccc2O1. The number of rotatable bonds is 3. The van der Waals surface area contributed by atoms with E-state index in [9.17, 15) is 0 Å². The number of anilines is 1. The summed E-state index contributed by atoms with van der Waals surface area (Å²) >= 11 is 0. The quantitative estimate of drug-likeness (QED) is 0.862. The molecule has 0 radical (unpaired) electrons. The zero-order valence-corrected chi connectivity index (χ0v) is 14.2.